The number of aromatic nitrogens is 2. The molecule has 0 fully saturated rings. The third kappa shape index (κ3) is 2.52. The van der Waals surface area contributed by atoms with Crippen molar-refractivity contribution in [2.75, 3.05) is 26.6 Å². The van der Waals surface area contributed by atoms with E-state index in [0.29, 0.717) is 28.8 Å². The fraction of sp³-hybridized carbons (Fsp3) is 0.250. The number of benzene rings is 2. The van der Waals surface area contributed by atoms with Crippen LogP contribution in [0.5, 0.6) is 17.2 Å². The third-order valence-corrected chi connectivity index (χ3v) is 4.88. The van der Waals surface area contributed by atoms with E-state index in [2.05, 4.69) is 16.4 Å². The summed E-state index contributed by atoms with van der Waals surface area (Å²) < 4.78 is 18.3. The Hall–Kier alpha value is -3.73. The molecule has 28 heavy (non-hydrogen) atoms. The Balaban J connectivity index is 2.06. The summed E-state index contributed by atoms with van der Waals surface area (Å²) in [6.07, 6.45) is 0. The van der Waals surface area contributed by atoms with E-state index in [1.807, 2.05) is 28.8 Å². The van der Waals surface area contributed by atoms with Gasteiger partial charge in [0, 0.05) is 11.6 Å². The van der Waals surface area contributed by atoms with E-state index in [0.717, 1.165) is 11.0 Å². The van der Waals surface area contributed by atoms with E-state index in [-0.39, 0.29) is 0 Å². The predicted octanol–water partition coefficient (Wildman–Crippen LogP) is 2.74. The highest BCUT2D eigenvalue weighted by Crippen LogP contribution is 2.46. The second-order valence-electron chi connectivity index (χ2n) is 6.29. The first-order chi connectivity index (χ1) is 13.6. The lowest BCUT2D eigenvalue weighted by Crippen LogP contribution is -2.37. The van der Waals surface area contributed by atoms with Gasteiger partial charge in [0.1, 0.15) is 5.75 Å². The van der Waals surface area contributed by atoms with Crippen molar-refractivity contribution in [2.45, 2.75) is 6.04 Å². The summed E-state index contributed by atoms with van der Waals surface area (Å²) in [6.45, 7) is 0. The smallest absolute Gasteiger partial charge is 0.246 e. The molecular weight excluding hydrogens is 360 g/mol. The summed E-state index contributed by atoms with van der Waals surface area (Å²) in [7, 11) is 4.58. The van der Waals surface area contributed by atoms with Crippen molar-refractivity contribution in [3.05, 3.63) is 42.0 Å². The van der Waals surface area contributed by atoms with E-state index < -0.39 is 17.9 Å². The third-order valence-electron chi connectivity index (χ3n) is 4.88. The molecule has 0 saturated heterocycles. The lowest BCUT2D eigenvalue weighted by molar-refractivity contribution is -0.119. The van der Waals surface area contributed by atoms with Gasteiger partial charge in [0.05, 0.1) is 44.5 Å². The molecule has 2 aromatic carbocycles. The normalized spacial score (nSPS) is 18.1. The van der Waals surface area contributed by atoms with Crippen molar-refractivity contribution in [1.82, 2.24) is 9.55 Å². The van der Waals surface area contributed by atoms with Crippen LogP contribution in [0.25, 0.3) is 11.0 Å². The van der Waals surface area contributed by atoms with E-state index in [4.69, 9.17) is 14.2 Å². The number of hydrogen-bond donors (Lipinski definition) is 1. The fourth-order valence-corrected chi connectivity index (χ4v) is 3.65. The van der Waals surface area contributed by atoms with Crippen molar-refractivity contribution < 1.29 is 19.0 Å². The first kappa shape index (κ1) is 17.7. The number of carbonyl (C=O) groups is 1. The maximum absolute atomic E-state index is 12.7. The molecule has 1 amide bonds. The molecule has 1 aliphatic heterocycles. The van der Waals surface area contributed by atoms with Crippen LogP contribution < -0.4 is 19.5 Å². The summed E-state index contributed by atoms with van der Waals surface area (Å²) in [5, 5.41) is 12.5. The molecule has 2 atom stereocenters. The topological polar surface area (TPSA) is 98.4 Å². The molecule has 0 unspecified atom stereocenters. The minimum Gasteiger partial charge on any atom is -0.497 e. The number of amides is 1. The number of nitriles is 1. The number of nitrogens with one attached hydrogen (secondary N) is 1. The molecule has 8 heteroatoms. The van der Waals surface area contributed by atoms with Gasteiger partial charge in [-0.3, -0.25) is 10.1 Å². The van der Waals surface area contributed by atoms with Crippen molar-refractivity contribution in [1.29, 1.82) is 5.26 Å². The molecule has 3 aromatic rings. The molecule has 0 aliphatic carbocycles. The van der Waals surface area contributed by atoms with Gasteiger partial charge in [-0.25, -0.2) is 4.98 Å². The maximum Gasteiger partial charge on any atom is 0.246 e. The van der Waals surface area contributed by atoms with Gasteiger partial charge in [-0.1, -0.05) is 12.1 Å². The quantitative estimate of drug-likeness (QED) is 0.750. The number of imidazole rings is 1. The van der Waals surface area contributed by atoms with Crippen LogP contribution in [0, 0.1) is 17.2 Å². The van der Waals surface area contributed by atoms with E-state index >= 15 is 0 Å². The molecular formula is C20H18N4O4. The van der Waals surface area contributed by atoms with Gasteiger partial charge in [-0.15, -0.1) is 0 Å². The number of anilines is 1. The van der Waals surface area contributed by atoms with E-state index in [1.165, 1.54) is 14.2 Å². The van der Waals surface area contributed by atoms with Crippen LogP contribution in [0.2, 0.25) is 0 Å². The summed E-state index contributed by atoms with van der Waals surface area (Å²) in [4.78, 5) is 17.2. The number of methoxy groups -OCH3 is 3. The molecule has 4 rings (SSSR count). The first-order valence-corrected chi connectivity index (χ1v) is 8.60. The van der Waals surface area contributed by atoms with Crippen LogP contribution in [0.1, 0.15) is 11.6 Å². The molecule has 2 heterocycles. The SMILES string of the molecule is COc1cc(OC)c(OC)c([C@H]2[C@@H](C#N)C(=O)Nc3nc4ccccc4n32)c1. The summed E-state index contributed by atoms with van der Waals surface area (Å²) in [5.41, 5.74) is 2.12. The van der Waals surface area contributed by atoms with E-state index in [9.17, 15) is 10.1 Å². The molecule has 142 valence electrons. The van der Waals surface area contributed by atoms with Crippen LogP contribution in [0.3, 0.4) is 0 Å². The van der Waals surface area contributed by atoms with Gasteiger partial charge in [0.2, 0.25) is 11.9 Å². The van der Waals surface area contributed by atoms with Crippen molar-refractivity contribution >= 4 is 22.9 Å². The number of hydrogen-bond acceptors (Lipinski definition) is 6. The highest BCUT2D eigenvalue weighted by molar-refractivity contribution is 5.97. The largest absolute Gasteiger partial charge is 0.497 e. The second-order valence-corrected chi connectivity index (χ2v) is 6.29. The Morgan fingerprint density at radius 2 is 1.93 bits per heavy atom. The van der Waals surface area contributed by atoms with Crippen molar-refractivity contribution in [2.24, 2.45) is 5.92 Å². The van der Waals surface area contributed by atoms with E-state index in [1.54, 1.807) is 19.2 Å². The number of carbonyl (C=O) groups excluding carboxylic acids is 1. The lowest BCUT2D eigenvalue weighted by atomic mass is 9.90. The number of ether oxygens (including phenoxy) is 3. The monoisotopic (exact) mass is 378 g/mol. The molecule has 1 aromatic heterocycles. The molecule has 8 nitrogen and oxygen atoms in total. The molecule has 1 N–H and O–H groups in total. The number of rotatable bonds is 4. The molecule has 0 radical (unpaired) electrons. The number of nitrogens with zero attached hydrogens (tertiary/aromatic N) is 3. The Kier molecular flexibility index (Phi) is 4.28. The van der Waals surface area contributed by atoms with Gasteiger partial charge < -0.3 is 18.8 Å². The lowest BCUT2D eigenvalue weighted by Gasteiger charge is -2.31. The molecule has 1 aliphatic rings. The predicted molar refractivity (Wildman–Crippen MR) is 102 cm³/mol. The summed E-state index contributed by atoms with van der Waals surface area (Å²) in [5.74, 6) is 0.389. The van der Waals surface area contributed by atoms with Crippen LogP contribution in [-0.2, 0) is 4.79 Å². The van der Waals surface area contributed by atoms with Crippen LogP contribution in [0.15, 0.2) is 36.4 Å². The van der Waals surface area contributed by atoms with Gasteiger partial charge in [-0.05, 0) is 18.2 Å². The highest BCUT2D eigenvalue weighted by Gasteiger charge is 2.41. The summed E-state index contributed by atoms with van der Waals surface area (Å²) >= 11 is 0. The minimum atomic E-state index is -0.990. The maximum atomic E-state index is 12.7. The van der Waals surface area contributed by atoms with Crippen molar-refractivity contribution in [3.63, 3.8) is 0 Å². The fourth-order valence-electron chi connectivity index (χ4n) is 3.65. The van der Waals surface area contributed by atoms with Crippen LogP contribution >= 0.6 is 0 Å². The van der Waals surface area contributed by atoms with Gasteiger partial charge in [-0.2, -0.15) is 5.26 Å². The average Bonchev–Trinajstić information content (AvgIpc) is 3.09. The standard InChI is InChI=1S/C20H18N4O4/c1-26-11-8-12(18(28-3)16(9-11)27-2)17-13(10-21)19(25)23-20-22-14-6-4-5-7-15(14)24(17)20/h4-9,13,17H,1-3H3,(H,22,23,25)/t13-,17+/m1/s1. The molecule has 0 bridgehead atoms. The second kappa shape index (κ2) is 6.78. The average molecular weight is 378 g/mol. The Labute approximate surface area is 161 Å². The van der Waals surface area contributed by atoms with Crippen LogP contribution in [-0.4, -0.2) is 36.8 Å². The Bertz CT molecular complexity index is 1120. The van der Waals surface area contributed by atoms with Crippen LogP contribution in [0.4, 0.5) is 5.95 Å². The van der Waals surface area contributed by atoms with Crippen molar-refractivity contribution in [3.8, 4) is 23.3 Å². The minimum absolute atomic E-state index is 0.381. The Morgan fingerprint density at radius 3 is 2.61 bits per heavy atom. The zero-order valence-electron chi connectivity index (χ0n) is 15.6. The Morgan fingerprint density at radius 1 is 1.14 bits per heavy atom. The summed E-state index contributed by atoms with van der Waals surface area (Å²) in [6, 6.07) is 12.4. The van der Waals surface area contributed by atoms with Gasteiger partial charge >= 0.3 is 0 Å². The van der Waals surface area contributed by atoms with Gasteiger partial charge in [0.25, 0.3) is 0 Å². The molecule has 0 spiro atoms. The van der Waals surface area contributed by atoms with Gasteiger partial charge in [0.15, 0.2) is 17.4 Å². The zero-order valence-corrected chi connectivity index (χ0v) is 15.6. The molecule has 0 saturated carbocycles. The number of para-hydroxylation sites is 2. The number of fused-ring (bicyclic) bond motifs is 3. The first-order valence-electron chi connectivity index (χ1n) is 8.60. The highest BCUT2D eigenvalue weighted by atomic mass is 16.5. The zero-order chi connectivity index (χ0) is 19.8.